The number of hydrogen-bond acceptors (Lipinski definition) is 1. The third-order valence-electron chi connectivity index (χ3n) is 3.78. The first kappa shape index (κ1) is 12.1. The number of nitrogens with two attached hydrogens (primary N) is 1. The first-order valence-corrected chi connectivity index (χ1v) is 7.07. The smallest absolute Gasteiger partial charge is 0.0492 e. The second kappa shape index (κ2) is 4.96. The number of para-hydroxylation sites is 1. The number of fused-ring (bicyclic) bond motifs is 3. The minimum absolute atomic E-state index is 0.837. The predicted molar refractivity (Wildman–Crippen MR) is 83.4 cm³/mol. The van der Waals surface area contributed by atoms with Gasteiger partial charge < -0.3 is 10.3 Å². The van der Waals surface area contributed by atoms with Gasteiger partial charge in [0.15, 0.2) is 0 Å². The molecule has 2 N–H and O–H groups in total. The fourth-order valence-corrected chi connectivity index (χ4v) is 2.83. The van der Waals surface area contributed by atoms with E-state index in [0.29, 0.717) is 0 Å². The Bertz CT molecular complexity index is 710. The standard InChI is InChI=1S/C17H20N2/c1-2-3-6-11-19-16-8-5-4-7-14(16)15-12-13(18)9-10-17(15)19/h4-5,7-10,12H,2-3,6,11,18H2,1H3. The molecular weight excluding hydrogens is 232 g/mol. The van der Waals surface area contributed by atoms with Crippen molar-refractivity contribution in [2.75, 3.05) is 5.73 Å². The Labute approximate surface area is 113 Å². The zero-order chi connectivity index (χ0) is 13.2. The Hall–Kier alpha value is -1.96. The third-order valence-corrected chi connectivity index (χ3v) is 3.78. The maximum atomic E-state index is 5.94. The third kappa shape index (κ3) is 2.07. The molecule has 2 aromatic carbocycles. The molecule has 0 aliphatic carbocycles. The number of aromatic nitrogens is 1. The van der Waals surface area contributed by atoms with E-state index in [1.807, 2.05) is 6.07 Å². The fourth-order valence-electron chi connectivity index (χ4n) is 2.83. The summed E-state index contributed by atoms with van der Waals surface area (Å²) in [5.74, 6) is 0. The van der Waals surface area contributed by atoms with E-state index >= 15 is 0 Å². The number of anilines is 1. The normalized spacial score (nSPS) is 11.4. The minimum atomic E-state index is 0.837. The molecule has 0 fully saturated rings. The van der Waals surface area contributed by atoms with Gasteiger partial charge >= 0.3 is 0 Å². The molecule has 0 bridgehead atoms. The lowest BCUT2D eigenvalue weighted by Crippen LogP contribution is -1.97. The van der Waals surface area contributed by atoms with Crippen molar-refractivity contribution in [1.82, 2.24) is 4.57 Å². The van der Waals surface area contributed by atoms with Crippen molar-refractivity contribution >= 4 is 27.5 Å². The Balaban J connectivity index is 2.21. The Morgan fingerprint density at radius 1 is 0.947 bits per heavy atom. The van der Waals surface area contributed by atoms with Crippen LogP contribution in [-0.2, 0) is 6.54 Å². The zero-order valence-corrected chi connectivity index (χ0v) is 11.4. The molecule has 0 amide bonds. The molecule has 0 saturated carbocycles. The van der Waals surface area contributed by atoms with Gasteiger partial charge in [-0.3, -0.25) is 0 Å². The van der Waals surface area contributed by atoms with Crippen molar-refractivity contribution in [3.05, 3.63) is 42.5 Å². The lowest BCUT2D eigenvalue weighted by atomic mass is 10.1. The van der Waals surface area contributed by atoms with Crippen molar-refractivity contribution in [3.8, 4) is 0 Å². The topological polar surface area (TPSA) is 30.9 Å². The summed E-state index contributed by atoms with van der Waals surface area (Å²) in [6.07, 6.45) is 3.77. The number of nitrogen functional groups attached to an aromatic ring is 1. The highest BCUT2D eigenvalue weighted by atomic mass is 15.0. The molecule has 2 nitrogen and oxygen atoms in total. The molecule has 3 aromatic rings. The van der Waals surface area contributed by atoms with Crippen LogP contribution in [0.15, 0.2) is 42.5 Å². The van der Waals surface area contributed by atoms with Gasteiger partial charge in [0, 0.05) is 34.0 Å². The second-order valence-electron chi connectivity index (χ2n) is 5.15. The van der Waals surface area contributed by atoms with Gasteiger partial charge in [-0.15, -0.1) is 0 Å². The maximum absolute atomic E-state index is 5.94. The molecule has 1 aromatic heterocycles. The Morgan fingerprint density at radius 2 is 1.74 bits per heavy atom. The first-order chi connectivity index (χ1) is 9.31. The largest absolute Gasteiger partial charge is 0.399 e. The van der Waals surface area contributed by atoms with E-state index in [1.54, 1.807) is 0 Å². The molecule has 3 rings (SSSR count). The summed E-state index contributed by atoms with van der Waals surface area (Å²) in [5, 5.41) is 2.58. The highest BCUT2D eigenvalue weighted by molar-refractivity contribution is 6.08. The first-order valence-electron chi connectivity index (χ1n) is 7.07. The van der Waals surface area contributed by atoms with Gasteiger partial charge in [-0.1, -0.05) is 38.0 Å². The number of hydrogen-bond donors (Lipinski definition) is 1. The van der Waals surface area contributed by atoms with Crippen LogP contribution >= 0.6 is 0 Å². The van der Waals surface area contributed by atoms with Gasteiger partial charge in [0.25, 0.3) is 0 Å². The molecule has 0 saturated heterocycles. The highest BCUT2D eigenvalue weighted by Gasteiger charge is 2.09. The van der Waals surface area contributed by atoms with Crippen LogP contribution in [0.4, 0.5) is 5.69 Å². The van der Waals surface area contributed by atoms with Crippen molar-refractivity contribution in [3.63, 3.8) is 0 Å². The summed E-state index contributed by atoms with van der Waals surface area (Å²) in [4.78, 5) is 0. The summed E-state index contributed by atoms with van der Waals surface area (Å²) in [7, 11) is 0. The summed E-state index contributed by atoms with van der Waals surface area (Å²) in [5.41, 5.74) is 9.39. The van der Waals surface area contributed by atoms with Crippen LogP contribution in [0.5, 0.6) is 0 Å². The SMILES string of the molecule is CCCCCn1c2ccccc2c2cc(N)ccc21. The van der Waals surface area contributed by atoms with Crippen LogP contribution < -0.4 is 5.73 Å². The van der Waals surface area contributed by atoms with E-state index < -0.39 is 0 Å². The molecule has 98 valence electrons. The van der Waals surface area contributed by atoms with Crippen LogP contribution in [0.1, 0.15) is 26.2 Å². The monoisotopic (exact) mass is 252 g/mol. The average molecular weight is 252 g/mol. The van der Waals surface area contributed by atoms with E-state index in [1.165, 1.54) is 41.1 Å². The molecule has 2 heteroatoms. The molecule has 0 aliphatic rings. The average Bonchev–Trinajstić information content (AvgIpc) is 2.73. The highest BCUT2D eigenvalue weighted by Crippen LogP contribution is 2.30. The van der Waals surface area contributed by atoms with E-state index in [4.69, 9.17) is 5.73 Å². The van der Waals surface area contributed by atoms with Gasteiger partial charge in [0.05, 0.1) is 0 Å². The fraction of sp³-hybridized carbons (Fsp3) is 0.294. The van der Waals surface area contributed by atoms with E-state index in [2.05, 4.69) is 47.9 Å². The Morgan fingerprint density at radius 3 is 2.58 bits per heavy atom. The van der Waals surface area contributed by atoms with Gasteiger partial charge in [-0.25, -0.2) is 0 Å². The predicted octanol–water partition coefficient (Wildman–Crippen LogP) is 4.57. The van der Waals surface area contributed by atoms with Gasteiger partial charge in [0.2, 0.25) is 0 Å². The molecule has 0 atom stereocenters. The van der Waals surface area contributed by atoms with Crippen molar-refractivity contribution in [1.29, 1.82) is 0 Å². The summed E-state index contributed by atoms with van der Waals surface area (Å²) < 4.78 is 2.43. The zero-order valence-electron chi connectivity index (χ0n) is 11.4. The molecule has 0 unspecified atom stereocenters. The number of nitrogens with zero attached hydrogens (tertiary/aromatic N) is 1. The summed E-state index contributed by atoms with van der Waals surface area (Å²) in [6, 6.07) is 14.8. The molecular formula is C17H20N2. The van der Waals surface area contributed by atoms with Crippen LogP contribution in [0, 0.1) is 0 Å². The molecule has 0 radical (unpaired) electrons. The van der Waals surface area contributed by atoms with Crippen LogP contribution in [0.25, 0.3) is 21.8 Å². The molecule has 0 aliphatic heterocycles. The Kier molecular flexibility index (Phi) is 3.16. The van der Waals surface area contributed by atoms with Crippen molar-refractivity contribution in [2.24, 2.45) is 0 Å². The molecule has 19 heavy (non-hydrogen) atoms. The number of benzene rings is 2. The number of aryl methyl sites for hydroxylation is 1. The van der Waals surface area contributed by atoms with E-state index in [9.17, 15) is 0 Å². The van der Waals surface area contributed by atoms with Gasteiger partial charge in [0.1, 0.15) is 0 Å². The molecule has 0 spiro atoms. The number of rotatable bonds is 4. The van der Waals surface area contributed by atoms with Crippen LogP contribution in [0.2, 0.25) is 0 Å². The van der Waals surface area contributed by atoms with Crippen molar-refractivity contribution < 1.29 is 0 Å². The van der Waals surface area contributed by atoms with Crippen LogP contribution in [0.3, 0.4) is 0 Å². The number of unbranched alkanes of at least 4 members (excludes halogenated alkanes) is 2. The second-order valence-corrected chi connectivity index (χ2v) is 5.15. The van der Waals surface area contributed by atoms with Gasteiger partial charge in [-0.05, 0) is 30.7 Å². The lowest BCUT2D eigenvalue weighted by molar-refractivity contribution is 0.627. The molecule has 1 heterocycles. The summed E-state index contributed by atoms with van der Waals surface area (Å²) >= 11 is 0. The lowest BCUT2D eigenvalue weighted by Gasteiger charge is -2.06. The van der Waals surface area contributed by atoms with Gasteiger partial charge in [-0.2, -0.15) is 0 Å². The van der Waals surface area contributed by atoms with E-state index in [-0.39, 0.29) is 0 Å². The van der Waals surface area contributed by atoms with Crippen LogP contribution in [-0.4, -0.2) is 4.57 Å². The van der Waals surface area contributed by atoms with E-state index in [0.717, 1.165) is 12.2 Å². The van der Waals surface area contributed by atoms with Crippen molar-refractivity contribution in [2.45, 2.75) is 32.7 Å². The quantitative estimate of drug-likeness (QED) is 0.535. The summed E-state index contributed by atoms with van der Waals surface area (Å²) in [6.45, 7) is 3.33. The maximum Gasteiger partial charge on any atom is 0.0492 e. The minimum Gasteiger partial charge on any atom is -0.399 e.